The van der Waals surface area contributed by atoms with E-state index in [0.717, 1.165) is 10.2 Å². The van der Waals surface area contributed by atoms with Crippen molar-refractivity contribution in [2.45, 2.75) is 49.4 Å². The van der Waals surface area contributed by atoms with E-state index < -0.39 is 17.2 Å². The summed E-state index contributed by atoms with van der Waals surface area (Å²) in [6.07, 6.45) is -1.50. The number of alkyl halides is 3. The van der Waals surface area contributed by atoms with Gasteiger partial charge in [-0.2, -0.15) is 23.7 Å². The van der Waals surface area contributed by atoms with Gasteiger partial charge in [-0.15, -0.1) is 5.10 Å². The molecular weight excluding hydrogens is 612 g/mol. The molecule has 1 aliphatic carbocycles. The number of nitriles is 2. The van der Waals surface area contributed by atoms with Crippen molar-refractivity contribution in [2.24, 2.45) is 0 Å². The molecule has 0 spiro atoms. The van der Waals surface area contributed by atoms with Gasteiger partial charge < -0.3 is 10.6 Å². The highest BCUT2D eigenvalue weighted by atomic mass is 35.5. The highest BCUT2D eigenvalue weighted by molar-refractivity contribution is 6.33. The number of anilines is 2. The van der Waals surface area contributed by atoms with Crippen LogP contribution in [0.3, 0.4) is 0 Å². The van der Waals surface area contributed by atoms with Gasteiger partial charge in [0.05, 0.1) is 40.0 Å². The van der Waals surface area contributed by atoms with Crippen molar-refractivity contribution in [1.82, 2.24) is 20.0 Å². The molecule has 2 atom stereocenters. The van der Waals surface area contributed by atoms with Gasteiger partial charge in [0, 0.05) is 22.3 Å². The van der Waals surface area contributed by atoms with Gasteiger partial charge in [0.1, 0.15) is 25.7 Å². The number of nitrogens with zero attached hydrogens (tertiary/aromatic N) is 6. The van der Waals surface area contributed by atoms with E-state index >= 15 is 0 Å². The lowest BCUT2D eigenvalue weighted by molar-refractivity contribution is -0.182. The molecule has 0 amide bonds. The van der Waals surface area contributed by atoms with Crippen LogP contribution < -0.4 is 10.6 Å². The number of nitrogens with one attached hydrogen (secondary N) is 2. The molecule has 2 heterocycles. The fourth-order valence-electron chi connectivity index (χ4n) is 5.67. The third-order valence-corrected chi connectivity index (χ3v) is 8.70. The van der Waals surface area contributed by atoms with E-state index in [4.69, 9.17) is 19.4 Å². The normalized spacial score (nSPS) is 15.7. The van der Waals surface area contributed by atoms with Gasteiger partial charge in [0.15, 0.2) is 5.54 Å². The molecule has 2 N–H and O–H groups in total. The Morgan fingerprint density at radius 3 is 2.37 bits per heavy atom. The number of benzene rings is 3. The van der Waals surface area contributed by atoms with Crippen LogP contribution in [-0.2, 0) is 11.0 Å². The van der Waals surface area contributed by atoms with Crippen LogP contribution in [0.1, 0.15) is 60.2 Å². The van der Waals surface area contributed by atoms with E-state index in [0.29, 0.717) is 34.3 Å². The van der Waals surface area contributed by atoms with E-state index in [-0.39, 0.29) is 40.7 Å². The molecule has 6 rings (SSSR count). The molecule has 2 radical (unpaired) electrons. The van der Waals surface area contributed by atoms with Crippen LogP contribution in [0.25, 0.3) is 10.9 Å². The number of hydrogen-bond donors (Lipinski definition) is 2. The van der Waals surface area contributed by atoms with E-state index in [1.54, 1.807) is 30.3 Å². The Morgan fingerprint density at radius 1 is 1.04 bits per heavy atom. The van der Waals surface area contributed by atoms with Crippen LogP contribution in [0.2, 0.25) is 5.02 Å². The van der Waals surface area contributed by atoms with E-state index in [1.165, 1.54) is 18.5 Å². The van der Waals surface area contributed by atoms with Crippen molar-refractivity contribution in [3.63, 3.8) is 0 Å². The van der Waals surface area contributed by atoms with Crippen LogP contribution in [0.4, 0.5) is 24.5 Å². The van der Waals surface area contributed by atoms with Gasteiger partial charge in [-0.3, -0.25) is 4.98 Å². The number of aromatic nitrogens is 4. The zero-order chi connectivity index (χ0) is 32.7. The van der Waals surface area contributed by atoms with Crippen molar-refractivity contribution in [2.75, 3.05) is 10.6 Å². The summed E-state index contributed by atoms with van der Waals surface area (Å²) in [7, 11) is 7.01. The topological polar surface area (TPSA) is 115 Å². The van der Waals surface area contributed by atoms with Gasteiger partial charge >= 0.3 is 6.18 Å². The molecule has 3 aromatic carbocycles. The summed E-state index contributed by atoms with van der Waals surface area (Å²) in [6, 6.07) is 23.7. The lowest BCUT2D eigenvalue weighted by Crippen LogP contribution is -2.38. The molecule has 1 aliphatic rings. The van der Waals surface area contributed by atoms with Gasteiger partial charge in [0.25, 0.3) is 0 Å². The SMILES string of the molecule is [B]C(Nc1cc(C#N)c2ncc(C#N)c(N[C@H](CC)c3ccccc3)c2c1)(c1cn(C2(C(F)(F)F)CC2)nn1)c1ccccc1Cl. The van der Waals surface area contributed by atoms with Gasteiger partial charge in [-0.05, 0) is 48.6 Å². The second-order valence-electron chi connectivity index (χ2n) is 11.2. The minimum Gasteiger partial charge on any atom is -0.378 e. The molecule has 1 saturated carbocycles. The lowest BCUT2D eigenvalue weighted by atomic mass is 9.69. The molecule has 1 fully saturated rings. The fraction of sp³-hybridized carbons (Fsp3) is 0.242. The molecule has 5 aromatic rings. The standard InChI is InChI=1S/C33H25BClF3N8/c1-2-27(20-8-4-3-5-9-20)42-30-22(17-40)18-41-29-21(16-39)14-23(15-24(29)30)43-32(34,25-10-6-7-11-26(25)35)28-19-46(45-44-28)31(12-13-31)33(36,37)38/h3-11,14-15,18-19,27,43H,2,12-13H2,1H3,(H,41,42)/t27-,32?/m1/s1. The first kappa shape index (κ1) is 30.9. The third-order valence-electron chi connectivity index (χ3n) is 8.37. The summed E-state index contributed by atoms with van der Waals surface area (Å²) < 4.78 is 42.7. The first-order chi connectivity index (χ1) is 22.0. The number of hydrogen-bond acceptors (Lipinski definition) is 7. The Labute approximate surface area is 269 Å². The Morgan fingerprint density at radius 2 is 1.74 bits per heavy atom. The molecule has 228 valence electrons. The fourth-order valence-corrected chi connectivity index (χ4v) is 5.96. The predicted molar refractivity (Wildman–Crippen MR) is 169 cm³/mol. The second kappa shape index (κ2) is 11.7. The van der Waals surface area contributed by atoms with Crippen LogP contribution in [-0.4, -0.2) is 34.0 Å². The summed E-state index contributed by atoms with van der Waals surface area (Å²) in [5.74, 6) is 0. The highest BCUT2D eigenvalue weighted by Gasteiger charge is 2.66. The van der Waals surface area contributed by atoms with Gasteiger partial charge in [-0.25, -0.2) is 4.68 Å². The van der Waals surface area contributed by atoms with Crippen molar-refractivity contribution in [1.29, 1.82) is 10.5 Å². The maximum absolute atomic E-state index is 14.0. The van der Waals surface area contributed by atoms with E-state index in [1.807, 2.05) is 37.3 Å². The van der Waals surface area contributed by atoms with E-state index in [2.05, 4.69) is 38.1 Å². The monoisotopic (exact) mass is 636 g/mol. The lowest BCUT2D eigenvalue weighted by Gasteiger charge is -2.32. The minimum atomic E-state index is -4.53. The third kappa shape index (κ3) is 5.29. The molecular formula is C33H25BClF3N8. The molecule has 0 saturated heterocycles. The zero-order valence-corrected chi connectivity index (χ0v) is 25.2. The molecule has 13 heteroatoms. The van der Waals surface area contributed by atoms with Crippen LogP contribution in [0.5, 0.6) is 0 Å². The largest absolute Gasteiger partial charge is 0.413 e. The first-order valence-electron chi connectivity index (χ1n) is 14.4. The van der Waals surface area contributed by atoms with Gasteiger partial charge in [0.2, 0.25) is 0 Å². The highest BCUT2D eigenvalue weighted by Crippen LogP contribution is 2.55. The average Bonchev–Trinajstić information content (AvgIpc) is 3.73. The van der Waals surface area contributed by atoms with Crippen molar-refractivity contribution in [3.05, 3.63) is 112 Å². The number of rotatable bonds is 9. The van der Waals surface area contributed by atoms with Crippen LogP contribution in [0.15, 0.2) is 79.1 Å². The molecule has 46 heavy (non-hydrogen) atoms. The minimum absolute atomic E-state index is 0.0212. The maximum Gasteiger partial charge on any atom is 0.413 e. The average molecular weight is 637 g/mol. The molecule has 0 bridgehead atoms. The van der Waals surface area contributed by atoms with Crippen molar-refractivity contribution >= 4 is 41.7 Å². The quantitative estimate of drug-likeness (QED) is 0.163. The second-order valence-corrected chi connectivity index (χ2v) is 11.6. The Bertz CT molecular complexity index is 2010. The number of halogens is 4. The number of pyridine rings is 1. The van der Waals surface area contributed by atoms with E-state index in [9.17, 15) is 23.7 Å². The summed E-state index contributed by atoms with van der Waals surface area (Å²) >= 11 is 6.59. The smallest absolute Gasteiger partial charge is 0.378 e. The molecule has 1 unspecified atom stereocenters. The zero-order valence-electron chi connectivity index (χ0n) is 24.5. The summed E-state index contributed by atoms with van der Waals surface area (Å²) in [4.78, 5) is 4.42. The maximum atomic E-state index is 14.0. The first-order valence-corrected chi connectivity index (χ1v) is 14.8. The predicted octanol–water partition coefficient (Wildman–Crippen LogP) is 7.32. The summed E-state index contributed by atoms with van der Waals surface area (Å²) in [5, 5.41) is 35.5. The van der Waals surface area contributed by atoms with Crippen LogP contribution in [0, 0.1) is 22.7 Å². The number of fused-ring (bicyclic) bond motifs is 1. The summed E-state index contributed by atoms with van der Waals surface area (Å²) in [6.45, 7) is 2.01. The Balaban J connectivity index is 1.50. The Kier molecular flexibility index (Phi) is 7.87. The summed E-state index contributed by atoms with van der Waals surface area (Å²) in [5.41, 5.74) is -1.07. The van der Waals surface area contributed by atoms with Crippen LogP contribution >= 0.6 is 11.6 Å². The Hall–Kier alpha value is -5.07. The molecule has 2 aromatic heterocycles. The molecule has 0 aliphatic heterocycles. The van der Waals surface area contributed by atoms with Crippen molar-refractivity contribution in [3.8, 4) is 12.1 Å². The van der Waals surface area contributed by atoms with Gasteiger partial charge in [-0.1, -0.05) is 72.3 Å². The van der Waals surface area contributed by atoms with Crippen molar-refractivity contribution < 1.29 is 13.2 Å². The molecule has 8 nitrogen and oxygen atoms in total.